The first kappa shape index (κ1) is 30.3. The Morgan fingerprint density at radius 1 is 1.20 bits per heavy atom. The summed E-state index contributed by atoms with van der Waals surface area (Å²) in [5, 5.41) is 5.98. The van der Waals surface area contributed by atoms with E-state index in [1.165, 1.54) is 11.2 Å². The third-order valence-electron chi connectivity index (χ3n) is 6.03. The van der Waals surface area contributed by atoms with Crippen molar-refractivity contribution in [1.82, 2.24) is 29.6 Å². The second kappa shape index (κ2) is 11.9. The minimum absolute atomic E-state index is 0.169. The molecule has 1 unspecified atom stereocenters. The van der Waals surface area contributed by atoms with E-state index in [1.807, 2.05) is 32.9 Å². The lowest BCUT2D eigenvalue weighted by Crippen LogP contribution is -2.22. The molecule has 14 heteroatoms. The van der Waals surface area contributed by atoms with Crippen LogP contribution in [0.3, 0.4) is 0 Å². The maximum atomic E-state index is 12.3. The van der Waals surface area contributed by atoms with Crippen LogP contribution in [0.4, 0.5) is 19.0 Å². The molecule has 3 aromatic heterocycles. The summed E-state index contributed by atoms with van der Waals surface area (Å²) in [5.41, 5.74) is 11.1. The number of rotatable bonds is 5. The van der Waals surface area contributed by atoms with Crippen molar-refractivity contribution in [3.05, 3.63) is 58.3 Å². The molecule has 3 heterocycles. The van der Waals surface area contributed by atoms with Gasteiger partial charge in [0.05, 0.1) is 24.2 Å². The minimum atomic E-state index is -4.64. The number of pyridine rings is 1. The van der Waals surface area contributed by atoms with Gasteiger partial charge in [-0.15, -0.1) is 0 Å². The lowest BCUT2D eigenvalue weighted by Gasteiger charge is -2.22. The highest BCUT2D eigenvalue weighted by molar-refractivity contribution is 6.32. The molecule has 0 saturated carbocycles. The van der Waals surface area contributed by atoms with Gasteiger partial charge in [0.15, 0.2) is 5.65 Å². The number of methoxy groups -OCH3 is 1. The molecule has 0 aliphatic heterocycles. The van der Waals surface area contributed by atoms with Gasteiger partial charge in [0.1, 0.15) is 23.6 Å². The maximum Gasteiger partial charge on any atom is 0.446 e. The molecule has 1 amide bonds. The number of hydrogen-bond acceptors (Lipinski definition) is 8. The number of ether oxygens (including phenoxy) is 1. The molecule has 0 fully saturated rings. The Balaban J connectivity index is 0.000000663. The Labute approximate surface area is 232 Å². The Bertz CT molecular complexity index is 1550. The van der Waals surface area contributed by atoms with Crippen molar-refractivity contribution in [2.24, 2.45) is 0 Å². The molecule has 0 aliphatic carbocycles. The average Bonchev–Trinajstić information content (AvgIpc) is 3.26. The number of amides is 1. The van der Waals surface area contributed by atoms with Crippen molar-refractivity contribution >= 4 is 40.6 Å². The van der Waals surface area contributed by atoms with Crippen molar-refractivity contribution in [3.63, 3.8) is 0 Å². The van der Waals surface area contributed by atoms with E-state index in [9.17, 15) is 18.0 Å². The number of nitrogens with two attached hydrogens (primary N) is 1. The summed E-state index contributed by atoms with van der Waals surface area (Å²) in [7, 11) is 5.00. The van der Waals surface area contributed by atoms with Gasteiger partial charge in [-0.2, -0.15) is 18.3 Å². The standard InChI is InChI=1S/C24H26ClN7O2.C2HF3O/c1-12-17(25)9-16(14(3)32-23-20(13(2)30-32)22(26)28-11-29-23)21(34-6)19(12)15-7-8-18(27-10-15)24(33)31(4)5;3-2(4,5)1-6/h7-11,14H,1-6H3,(H2,26,28,29);1H. The fraction of sp³-hybridized carbons (Fsp3) is 0.308. The molecular weight excluding hydrogens is 551 g/mol. The number of aryl methyl sites for hydroxylation is 1. The van der Waals surface area contributed by atoms with Gasteiger partial charge < -0.3 is 15.4 Å². The van der Waals surface area contributed by atoms with E-state index in [0.29, 0.717) is 27.9 Å². The molecule has 0 radical (unpaired) electrons. The van der Waals surface area contributed by atoms with Crippen molar-refractivity contribution < 1.29 is 27.5 Å². The van der Waals surface area contributed by atoms with Crippen LogP contribution in [0.15, 0.2) is 30.7 Å². The minimum Gasteiger partial charge on any atom is -0.496 e. The molecule has 0 aliphatic rings. The zero-order valence-electron chi connectivity index (χ0n) is 22.5. The van der Waals surface area contributed by atoms with Gasteiger partial charge in [0.2, 0.25) is 6.29 Å². The van der Waals surface area contributed by atoms with Crippen LogP contribution >= 0.6 is 11.6 Å². The van der Waals surface area contributed by atoms with Crippen molar-refractivity contribution in [1.29, 1.82) is 0 Å². The number of alkyl halides is 3. The molecule has 2 N–H and O–H groups in total. The number of hydrogen-bond donors (Lipinski definition) is 1. The Morgan fingerprint density at radius 3 is 2.38 bits per heavy atom. The van der Waals surface area contributed by atoms with Gasteiger partial charge >= 0.3 is 6.18 Å². The lowest BCUT2D eigenvalue weighted by molar-refractivity contribution is -0.156. The number of carbonyl (C=O) groups excluding carboxylic acids is 2. The van der Waals surface area contributed by atoms with Crippen LogP contribution in [0.5, 0.6) is 5.75 Å². The van der Waals surface area contributed by atoms with Gasteiger partial charge in [-0.25, -0.2) is 14.6 Å². The Kier molecular flexibility index (Phi) is 8.98. The summed E-state index contributed by atoms with van der Waals surface area (Å²) < 4.78 is 39.0. The van der Waals surface area contributed by atoms with Crippen LogP contribution in [0.2, 0.25) is 5.02 Å². The van der Waals surface area contributed by atoms with Gasteiger partial charge in [0.25, 0.3) is 5.91 Å². The molecule has 0 saturated heterocycles. The summed E-state index contributed by atoms with van der Waals surface area (Å²) in [6, 6.07) is 5.15. The first-order chi connectivity index (χ1) is 18.7. The van der Waals surface area contributed by atoms with E-state index in [2.05, 4.69) is 20.1 Å². The van der Waals surface area contributed by atoms with Crippen LogP contribution in [-0.4, -0.2) is 69.2 Å². The van der Waals surface area contributed by atoms with Crippen LogP contribution in [0.25, 0.3) is 22.2 Å². The molecule has 0 spiro atoms. The molecule has 4 aromatic rings. The molecule has 40 heavy (non-hydrogen) atoms. The molecule has 212 valence electrons. The van der Waals surface area contributed by atoms with Crippen LogP contribution in [-0.2, 0) is 4.79 Å². The molecule has 0 bridgehead atoms. The van der Waals surface area contributed by atoms with Gasteiger partial charge in [-0.05, 0) is 38.5 Å². The highest BCUT2D eigenvalue weighted by Crippen LogP contribution is 2.43. The van der Waals surface area contributed by atoms with E-state index in [-0.39, 0.29) is 11.9 Å². The van der Waals surface area contributed by atoms with Gasteiger partial charge in [0, 0.05) is 42.0 Å². The molecular formula is C26H27ClF3N7O3. The summed E-state index contributed by atoms with van der Waals surface area (Å²) in [6.07, 6.45) is -2.62. The molecule has 1 aromatic carbocycles. The zero-order chi connectivity index (χ0) is 29.9. The van der Waals surface area contributed by atoms with Crippen molar-refractivity contribution in [2.45, 2.75) is 33.0 Å². The topological polar surface area (TPSA) is 129 Å². The number of aldehydes is 1. The molecule has 1 atom stereocenters. The van der Waals surface area contributed by atoms with Gasteiger partial charge in [-0.3, -0.25) is 14.6 Å². The number of nitrogens with zero attached hydrogens (tertiary/aromatic N) is 6. The predicted molar refractivity (Wildman–Crippen MR) is 144 cm³/mol. The molecule has 10 nitrogen and oxygen atoms in total. The number of fused-ring (bicyclic) bond motifs is 1. The predicted octanol–water partition coefficient (Wildman–Crippen LogP) is 4.81. The fourth-order valence-corrected chi connectivity index (χ4v) is 4.30. The number of anilines is 1. The quantitative estimate of drug-likeness (QED) is 0.335. The van der Waals surface area contributed by atoms with E-state index in [1.54, 1.807) is 38.2 Å². The maximum absolute atomic E-state index is 12.3. The van der Waals surface area contributed by atoms with E-state index >= 15 is 0 Å². The SMILES string of the molecule is COc1c(C(C)n2nc(C)c3c(N)ncnc32)cc(Cl)c(C)c1-c1ccc(C(=O)N(C)C)nc1.O=CC(F)(F)F. The zero-order valence-corrected chi connectivity index (χ0v) is 23.3. The third-order valence-corrected chi connectivity index (χ3v) is 6.42. The fourth-order valence-electron chi connectivity index (χ4n) is 4.09. The van der Waals surface area contributed by atoms with Crippen molar-refractivity contribution in [2.75, 3.05) is 26.9 Å². The van der Waals surface area contributed by atoms with E-state index < -0.39 is 12.5 Å². The number of nitrogen functional groups attached to an aromatic ring is 1. The summed E-state index contributed by atoms with van der Waals surface area (Å²) >= 11 is 6.69. The smallest absolute Gasteiger partial charge is 0.446 e. The third kappa shape index (κ3) is 6.14. The monoisotopic (exact) mass is 577 g/mol. The first-order valence-electron chi connectivity index (χ1n) is 11.7. The summed E-state index contributed by atoms with van der Waals surface area (Å²) in [6.45, 7) is 5.79. The number of carbonyl (C=O) groups is 2. The lowest BCUT2D eigenvalue weighted by atomic mass is 9.94. The van der Waals surface area contributed by atoms with Crippen LogP contribution in [0.1, 0.15) is 40.3 Å². The largest absolute Gasteiger partial charge is 0.496 e. The molecule has 4 rings (SSSR count). The Morgan fingerprint density at radius 2 is 1.85 bits per heavy atom. The summed E-state index contributed by atoms with van der Waals surface area (Å²) in [4.78, 5) is 35.3. The van der Waals surface area contributed by atoms with E-state index in [0.717, 1.165) is 33.3 Å². The first-order valence-corrected chi connectivity index (χ1v) is 12.1. The number of benzene rings is 1. The van der Waals surface area contributed by atoms with Crippen molar-refractivity contribution in [3.8, 4) is 16.9 Å². The number of aromatic nitrogens is 5. The Hall–Kier alpha value is -4.26. The van der Waals surface area contributed by atoms with Gasteiger partial charge in [-0.1, -0.05) is 17.7 Å². The van der Waals surface area contributed by atoms with Crippen LogP contribution in [0, 0.1) is 13.8 Å². The van der Waals surface area contributed by atoms with Crippen LogP contribution < -0.4 is 10.5 Å². The van der Waals surface area contributed by atoms with E-state index in [4.69, 9.17) is 26.9 Å². The highest BCUT2D eigenvalue weighted by Gasteiger charge is 2.26. The second-order valence-electron chi connectivity index (χ2n) is 8.94. The normalized spacial score (nSPS) is 11.9. The summed E-state index contributed by atoms with van der Waals surface area (Å²) in [5.74, 6) is 0.859. The second-order valence-corrected chi connectivity index (χ2v) is 9.34. The highest BCUT2D eigenvalue weighted by atomic mass is 35.5. The number of halogens is 4. The average molecular weight is 578 g/mol.